The number of rotatable bonds is 4. The molecule has 28 heavy (non-hydrogen) atoms. The van der Waals surface area contributed by atoms with Gasteiger partial charge in [-0.3, -0.25) is 4.90 Å². The zero-order valence-electron chi connectivity index (χ0n) is 16.5. The lowest BCUT2D eigenvalue weighted by atomic mass is 9.72. The highest BCUT2D eigenvalue weighted by Crippen LogP contribution is 2.43. The van der Waals surface area contributed by atoms with Crippen LogP contribution < -0.4 is 0 Å². The van der Waals surface area contributed by atoms with Crippen molar-refractivity contribution >= 4 is 10.9 Å². The van der Waals surface area contributed by atoms with E-state index in [1.165, 1.54) is 12.8 Å². The SMILES string of the molecule is CCC1CN2CCC1CC2C(O)c1cc(-c2ccccc2)nc2ccccc12. The van der Waals surface area contributed by atoms with Crippen LogP contribution >= 0.6 is 0 Å². The molecule has 1 aromatic heterocycles. The highest BCUT2D eigenvalue weighted by atomic mass is 16.3. The van der Waals surface area contributed by atoms with Crippen LogP contribution in [0.3, 0.4) is 0 Å². The van der Waals surface area contributed by atoms with Crippen molar-refractivity contribution in [3.8, 4) is 11.3 Å². The molecule has 2 bridgehead atoms. The summed E-state index contributed by atoms with van der Waals surface area (Å²) >= 11 is 0. The first-order chi connectivity index (χ1) is 13.7. The van der Waals surface area contributed by atoms with Gasteiger partial charge in [-0.15, -0.1) is 0 Å². The number of para-hydroxylation sites is 1. The van der Waals surface area contributed by atoms with Gasteiger partial charge < -0.3 is 5.11 Å². The molecule has 3 heteroatoms. The van der Waals surface area contributed by atoms with Crippen LogP contribution in [-0.2, 0) is 0 Å². The van der Waals surface area contributed by atoms with Crippen molar-refractivity contribution in [1.29, 1.82) is 0 Å². The number of piperidine rings is 3. The van der Waals surface area contributed by atoms with Gasteiger partial charge in [0.15, 0.2) is 0 Å². The van der Waals surface area contributed by atoms with Gasteiger partial charge in [-0.05, 0) is 48.9 Å². The van der Waals surface area contributed by atoms with Crippen molar-refractivity contribution in [1.82, 2.24) is 9.88 Å². The van der Waals surface area contributed by atoms with E-state index in [0.29, 0.717) is 0 Å². The lowest BCUT2D eigenvalue weighted by molar-refractivity contribution is -0.0562. The maximum absolute atomic E-state index is 11.5. The maximum Gasteiger partial charge on any atom is 0.0952 e. The summed E-state index contributed by atoms with van der Waals surface area (Å²) in [4.78, 5) is 7.42. The molecule has 3 fully saturated rings. The maximum atomic E-state index is 11.5. The van der Waals surface area contributed by atoms with Crippen LogP contribution in [-0.4, -0.2) is 34.1 Å². The van der Waals surface area contributed by atoms with Crippen LogP contribution in [0.5, 0.6) is 0 Å². The van der Waals surface area contributed by atoms with Crippen molar-refractivity contribution in [3.63, 3.8) is 0 Å². The Morgan fingerprint density at radius 1 is 1.11 bits per heavy atom. The molecular weight excluding hydrogens is 344 g/mol. The van der Waals surface area contributed by atoms with Gasteiger partial charge in [0.05, 0.1) is 17.3 Å². The van der Waals surface area contributed by atoms with E-state index in [2.05, 4.69) is 42.2 Å². The second-order valence-corrected chi connectivity index (χ2v) is 8.44. The Morgan fingerprint density at radius 3 is 2.64 bits per heavy atom. The Kier molecular flexibility index (Phi) is 4.65. The molecule has 4 heterocycles. The third-order valence-electron chi connectivity index (χ3n) is 6.96. The third-order valence-corrected chi connectivity index (χ3v) is 6.96. The van der Waals surface area contributed by atoms with Crippen LogP contribution in [0.15, 0.2) is 60.7 Å². The van der Waals surface area contributed by atoms with Crippen molar-refractivity contribution in [3.05, 3.63) is 66.2 Å². The standard InChI is InChI=1S/C25H28N2O/c1-2-17-16-27-13-12-19(17)14-24(27)25(28)21-15-23(18-8-4-3-5-9-18)26-22-11-7-6-10-20(21)22/h3-11,15,17,19,24-25,28H,2,12-14,16H2,1H3. The average Bonchev–Trinajstić information content (AvgIpc) is 2.78. The summed E-state index contributed by atoms with van der Waals surface area (Å²) in [6.07, 6.45) is 3.17. The van der Waals surface area contributed by atoms with Crippen LogP contribution in [0.4, 0.5) is 0 Å². The van der Waals surface area contributed by atoms with E-state index < -0.39 is 6.10 Å². The number of hydrogen-bond acceptors (Lipinski definition) is 3. The minimum atomic E-state index is -0.476. The van der Waals surface area contributed by atoms with Crippen LogP contribution in [0.2, 0.25) is 0 Å². The average molecular weight is 373 g/mol. The summed E-state index contributed by atoms with van der Waals surface area (Å²) in [5.41, 5.74) is 4.02. The Balaban J connectivity index is 1.56. The first kappa shape index (κ1) is 17.8. The molecule has 6 rings (SSSR count). The summed E-state index contributed by atoms with van der Waals surface area (Å²) in [6.45, 7) is 4.56. The summed E-state index contributed by atoms with van der Waals surface area (Å²) < 4.78 is 0. The molecular formula is C25H28N2O. The van der Waals surface area contributed by atoms with Gasteiger partial charge >= 0.3 is 0 Å². The summed E-state index contributed by atoms with van der Waals surface area (Å²) in [5, 5.41) is 12.6. The third kappa shape index (κ3) is 3.03. The summed E-state index contributed by atoms with van der Waals surface area (Å²) in [6, 6.07) is 20.8. The lowest BCUT2D eigenvalue weighted by Gasteiger charge is -2.51. The van der Waals surface area contributed by atoms with Crippen LogP contribution in [0.25, 0.3) is 22.2 Å². The van der Waals surface area contributed by atoms with Gasteiger partial charge in [0.2, 0.25) is 0 Å². The molecule has 3 aliphatic heterocycles. The second kappa shape index (κ2) is 7.31. The molecule has 5 atom stereocenters. The van der Waals surface area contributed by atoms with E-state index in [0.717, 1.165) is 59.1 Å². The van der Waals surface area contributed by atoms with Crippen molar-refractivity contribution in [2.75, 3.05) is 13.1 Å². The van der Waals surface area contributed by atoms with E-state index in [-0.39, 0.29) is 6.04 Å². The fourth-order valence-electron chi connectivity index (χ4n) is 5.38. The zero-order chi connectivity index (χ0) is 19.1. The normalized spacial score (nSPS) is 27.8. The molecule has 144 valence electrons. The first-order valence-corrected chi connectivity index (χ1v) is 10.6. The molecule has 3 aliphatic rings. The van der Waals surface area contributed by atoms with E-state index in [4.69, 9.17) is 4.98 Å². The molecule has 3 nitrogen and oxygen atoms in total. The van der Waals surface area contributed by atoms with Gasteiger partial charge in [0.25, 0.3) is 0 Å². The number of hydrogen-bond donors (Lipinski definition) is 1. The molecule has 3 aromatic rings. The summed E-state index contributed by atoms with van der Waals surface area (Å²) in [5.74, 6) is 1.56. The van der Waals surface area contributed by atoms with Crippen molar-refractivity contribution in [2.24, 2.45) is 11.8 Å². The van der Waals surface area contributed by atoms with E-state index >= 15 is 0 Å². The fourth-order valence-corrected chi connectivity index (χ4v) is 5.38. The predicted octanol–water partition coefficient (Wildman–Crippen LogP) is 5.06. The number of aliphatic hydroxyl groups is 1. The second-order valence-electron chi connectivity index (χ2n) is 8.44. The van der Waals surface area contributed by atoms with E-state index in [9.17, 15) is 5.11 Å². The van der Waals surface area contributed by atoms with Crippen molar-refractivity contribution < 1.29 is 5.11 Å². The Morgan fingerprint density at radius 2 is 1.89 bits per heavy atom. The molecule has 2 aromatic carbocycles. The highest BCUT2D eigenvalue weighted by Gasteiger charge is 2.42. The van der Waals surface area contributed by atoms with E-state index in [1.807, 2.05) is 30.3 Å². The van der Waals surface area contributed by atoms with Gasteiger partial charge in [-0.1, -0.05) is 61.9 Å². The molecule has 0 amide bonds. The number of pyridine rings is 1. The van der Waals surface area contributed by atoms with Gasteiger partial charge in [0.1, 0.15) is 0 Å². The fraction of sp³-hybridized carbons (Fsp3) is 0.400. The first-order valence-electron chi connectivity index (χ1n) is 10.6. The Bertz CT molecular complexity index is 971. The molecule has 0 aliphatic carbocycles. The minimum Gasteiger partial charge on any atom is -0.387 e. The minimum absolute atomic E-state index is 0.218. The molecule has 1 N–H and O–H groups in total. The smallest absolute Gasteiger partial charge is 0.0952 e. The zero-order valence-corrected chi connectivity index (χ0v) is 16.5. The number of nitrogens with zero attached hydrogens (tertiary/aromatic N) is 2. The molecule has 0 radical (unpaired) electrons. The lowest BCUT2D eigenvalue weighted by Crippen LogP contribution is -2.55. The summed E-state index contributed by atoms with van der Waals surface area (Å²) in [7, 11) is 0. The molecule has 5 unspecified atom stereocenters. The molecule has 3 saturated heterocycles. The van der Waals surface area contributed by atoms with Crippen molar-refractivity contribution in [2.45, 2.75) is 38.3 Å². The van der Waals surface area contributed by atoms with Gasteiger partial charge in [-0.25, -0.2) is 4.98 Å². The quantitative estimate of drug-likeness (QED) is 0.696. The Hall–Kier alpha value is -2.23. The Labute approximate surface area is 167 Å². The predicted molar refractivity (Wildman–Crippen MR) is 114 cm³/mol. The van der Waals surface area contributed by atoms with Gasteiger partial charge in [0, 0.05) is 23.5 Å². The van der Waals surface area contributed by atoms with Gasteiger partial charge in [-0.2, -0.15) is 0 Å². The molecule has 0 saturated carbocycles. The largest absolute Gasteiger partial charge is 0.387 e. The number of fused-ring (bicyclic) bond motifs is 4. The van der Waals surface area contributed by atoms with Crippen LogP contribution in [0, 0.1) is 11.8 Å². The topological polar surface area (TPSA) is 36.4 Å². The number of benzene rings is 2. The van der Waals surface area contributed by atoms with Crippen LogP contribution in [0.1, 0.15) is 37.9 Å². The number of aliphatic hydroxyl groups excluding tert-OH is 1. The monoisotopic (exact) mass is 372 g/mol. The van der Waals surface area contributed by atoms with E-state index in [1.54, 1.807) is 0 Å². The number of aromatic nitrogens is 1. The molecule has 0 spiro atoms. The highest BCUT2D eigenvalue weighted by molar-refractivity contribution is 5.85.